The molecule has 0 heterocycles. The number of hydrogen-bond donors (Lipinski definition) is 0. The maximum Gasteiger partial charge on any atom is 0.523 e. The van der Waals surface area contributed by atoms with E-state index < -0.39 is 36.4 Å². The molecule has 0 unspecified atom stereocenters. The van der Waals surface area contributed by atoms with Crippen molar-refractivity contribution < 1.29 is 30.0 Å². The maximum absolute atomic E-state index is 12.7. The molecule has 0 fully saturated rings. The molecule has 0 aromatic rings. The average molecular weight is 380 g/mol. The van der Waals surface area contributed by atoms with E-state index in [2.05, 4.69) is 0 Å². The average Bonchev–Trinajstić information content (AvgIpc) is 2.35. The van der Waals surface area contributed by atoms with Crippen LogP contribution in [0.3, 0.4) is 0 Å². The van der Waals surface area contributed by atoms with Crippen molar-refractivity contribution in [3.63, 3.8) is 0 Å². The molecule has 9 heteroatoms. The van der Waals surface area contributed by atoms with Crippen LogP contribution < -0.4 is 0 Å². The molecule has 23 heavy (non-hydrogen) atoms. The van der Waals surface area contributed by atoms with Gasteiger partial charge in [-0.2, -0.15) is 21.6 Å². The summed E-state index contributed by atoms with van der Waals surface area (Å²) in [6, 6.07) is 0. The number of halogens is 3. The molecule has 0 amide bonds. The van der Waals surface area contributed by atoms with Gasteiger partial charge in [0.15, 0.2) is 0 Å². The van der Waals surface area contributed by atoms with Crippen LogP contribution in [0.5, 0.6) is 0 Å². The summed E-state index contributed by atoms with van der Waals surface area (Å²) in [7, 11) is -8.50. The number of unbranched alkanes of at least 4 members (excludes halogenated alkanes) is 2. The van der Waals surface area contributed by atoms with Crippen LogP contribution in [0, 0.1) is 0 Å². The van der Waals surface area contributed by atoms with Gasteiger partial charge in [0, 0.05) is 16.9 Å². The van der Waals surface area contributed by atoms with Crippen LogP contribution in [0.1, 0.15) is 60.3 Å². The lowest BCUT2D eigenvalue weighted by Gasteiger charge is -2.45. The highest BCUT2D eigenvalue weighted by atomic mass is 32.3. The van der Waals surface area contributed by atoms with Gasteiger partial charge in [0.2, 0.25) is 0 Å². The largest absolute Gasteiger partial charge is 0.523 e. The molecular formula is C14H27F3O4S2. The molecule has 0 radical (unpaired) electrons. The number of rotatable bonds is 10. The number of carbonyl (C=O) groups excluding carboxylic acids is 1. The minimum atomic E-state index is -5.73. The molecule has 0 aromatic heterocycles. The molecule has 0 rings (SSSR count). The predicted octanol–water partition coefficient (Wildman–Crippen LogP) is 4.54. The minimum absolute atomic E-state index is 0.234. The lowest BCUT2D eigenvalue weighted by atomic mass is 10.2. The lowest BCUT2D eigenvalue weighted by Crippen LogP contribution is -2.36. The van der Waals surface area contributed by atoms with E-state index in [-0.39, 0.29) is 18.0 Å². The van der Waals surface area contributed by atoms with Crippen LogP contribution in [0.15, 0.2) is 0 Å². The van der Waals surface area contributed by atoms with Crippen LogP contribution >= 0.6 is 10.3 Å². The smallest absolute Gasteiger partial charge is 0.299 e. The van der Waals surface area contributed by atoms with E-state index in [9.17, 15) is 26.4 Å². The first-order chi connectivity index (χ1) is 10.3. The fourth-order valence-corrected chi connectivity index (χ4v) is 7.66. The summed E-state index contributed by atoms with van der Waals surface area (Å²) in [6.07, 6.45) is 2.64. The minimum Gasteiger partial charge on any atom is -0.299 e. The van der Waals surface area contributed by atoms with Crippen LogP contribution in [-0.4, -0.2) is 36.0 Å². The number of carbonyl (C=O) groups is 1. The number of hydrogen-bond acceptors (Lipinski definition) is 4. The molecule has 0 bridgehead atoms. The van der Waals surface area contributed by atoms with Crippen LogP contribution in [0.4, 0.5) is 13.2 Å². The van der Waals surface area contributed by atoms with E-state index in [0.29, 0.717) is 6.42 Å². The van der Waals surface area contributed by atoms with Crippen molar-refractivity contribution in [2.75, 3.05) is 5.75 Å². The van der Waals surface area contributed by atoms with Crippen LogP contribution in [-0.2, 0) is 18.5 Å². The normalized spacial score (nSPS) is 14.5. The van der Waals surface area contributed by atoms with Gasteiger partial charge in [-0.15, -0.1) is 10.3 Å². The summed E-state index contributed by atoms with van der Waals surface area (Å²) in [5.74, 6) is -0.505. The molecule has 0 N–H and O–H groups in total. The highest BCUT2D eigenvalue weighted by molar-refractivity contribution is 8.34. The van der Waals surface area contributed by atoms with E-state index in [0.717, 1.165) is 12.8 Å². The van der Waals surface area contributed by atoms with Crippen molar-refractivity contribution >= 4 is 26.2 Å². The SMILES string of the molecule is CCCCCC(=O)CS(OS(=O)(=O)C(F)(F)F)(C(C)C)C(C)C. The monoisotopic (exact) mass is 380 g/mol. The van der Waals surface area contributed by atoms with Gasteiger partial charge >= 0.3 is 15.6 Å². The summed E-state index contributed by atoms with van der Waals surface area (Å²) in [5, 5.41) is -0.982. The Hall–Kier alpha value is -0.280. The predicted molar refractivity (Wildman–Crippen MR) is 87.9 cm³/mol. The Bertz CT molecular complexity index is 477. The van der Waals surface area contributed by atoms with E-state index in [4.69, 9.17) is 3.63 Å². The fraction of sp³-hybridized carbons (Fsp3) is 0.929. The maximum atomic E-state index is 12.7. The molecular weight excluding hydrogens is 353 g/mol. The molecule has 0 saturated heterocycles. The Balaban J connectivity index is 5.48. The summed E-state index contributed by atoms with van der Waals surface area (Å²) in [5.41, 5.74) is -5.49. The van der Waals surface area contributed by atoms with E-state index in [1.165, 1.54) is 0 Å². The van der Waals surface area contributed by atoms with Crippen molar-refractivity contribution in [3.05, 3.63) is 0 Å². The van der Waals surface area contributed by atoms with Crippen molar-refractivity contribution in [1.29, 1.82) is 0 Å². The molecule has 0 saturated carbocycles. The highest BCUT2D eigenvalue weighted by Crippen LogP contribution is 2.60. The van der Waals surface area contributed by atoms with Gasteiger partial charge < -0.3 is 0 Å². The third-order valence-corrected chi connectivity index (χ3v) is 9.80. The van der Waals surface area contributed by atoms with Gasteiger partial charge in [-0.25, -0.2) is 3.63 Å². The molecule has 0 aromatic carbocycles. The van der Waals surface area contributed by atoms with E-state index in [1.807, 2.05) is 6.92 Å². The topological polar surface area (TPSA) is 60.4 Å². The number of Topliss-reactive ketones (excluding diaryl/α,β-unsaturated/α-hetero) is 1. The van der Waals surface area contributed by atoms with Crippen LogP contribution in [0.25, 0.3) is 0 Å². The number of ketones is 1. The van der Waals surface area contributed by atoms with Gasteiger partial charge in [-0.3, -0.25) is 4.79 Å². The summed E-state index contributed by atoms with van der Waals surface area (Å²) >= 11 is 0. The van der Waals surface area contributed by atoms with Gasteiger partial charge in [0.25, 0.3) is 0 Å². The zero-order valence-electron chi connectivity index (χ0n) is 14.3. The first kappa shape index (κ1) is 22.7. The van der Waals surface area contributed by atoms with E-state index >= 15 is 0 Å². The molecule has 4 nitrogen and oxygen atoms in total. The van der Waals surface area contributed by atoms with Gasteiger partial charge in [-0.05, 0) is 6.42 Å². The molecule has 0 atom stereocenters. The summed E-state index contributed by atoms with van der Waals surface area (Å²) < 4.78 is 65.7. The summed E-state index contributed by atoms with van der Waals surface area (Å²) in [6.45, 7) is 8.36. The molecule has 0 spiro atoms. The summed E-state index contributed by atoms with van der Waals surface area (Å²) in [4.78, 5) is 12.1. The molecule has 0 aliphatic rings. The van der Waals surface area contributed by atoms with Gasteiger partial charge in [-0.1, -0.05) is 47.5 Å². The van der Waals surface area contributed by atoms with Crippen molar-refractivity contribution in [1.82, 2.24) is 0 Å². The third kappa shape index (κ3) is 6.26. The Kier molecular flexibility index (Phi) is 8.60. The Labute approximate surface area is 138 Å². The molecule has 140 valence electrons. The molecule has 0 aliphatic carbocycles. The van der Waals surface area contributed by atoms with E-state index in [1.54, 1.807) is 27.7 Å². The first-order valence-corrected chi connectivity index (χ1v) is 10.9. The fourth-order valence-electron chi connectivity index (χ4n) is 2.16. The first-order valence-electron chi connectivity index (χ1n) is 7.63. The standard InChI is InChI=1S/C14H27F3O4S2/c1-6-7-8-9-13(18)10-22(11(2)3,12(4)5)21-23(19,20)14(15,16)17/h11-12H,6-10H2,1-5H3. The van der Waals surface area contributed by atoms with Crippen molar-refractivity contribution in [2.24, 2.45) is 0 Å². The molecule has 0 aliphatic heterocycles. The van der Waals surface area contributed by atoms with Gasteiger partial charge in [0.1, 0.15) is 5.78 Å². The zero-order valence-corrected chi connectivity index (χ0v) is 15.9. The number of alkyl halides is 3. The van der Waals surface area contributed by atoms with Crippen molar-refractivity contribution in [3.8, 4) is 0 Å². The van der Waals surface area contributed by atoms with Gasteiger partial charge in [0.05, 0.1) is 5.75 Å². The highest BCUT2D eigenvalue weighted by Gasteiger charge is 2.52. The zero-order chi connectivity index (χ0) is 18.5. The Morgan fingerprint density at radius 2 is 1.52 bits per heavy atom. The second-order valence-electron chi connectivity index (χ2n) is 5.99. The lowest BCUT2D eigenvalue weighted by molar-refractivity contribution is -0.116. The third-order valence-electron chi connectivity index (χ3n) is 3.54. The Morgan fingerprint density at radius 3 is 1.87 bits per heavy atom. The van der Waals surface area contributed by atoms with Crippen molar-refractivity contribution in [2.45, 2.75) is 76.3 Å². The second-order valence-corrected chi connectivity index (χ2v) is 11.6. The van der Waals surface area contributed by atoms with Crippen LogP contribution in [0.2, 0.25) is 0 Å². The second kappa shape index (κ2) is 8.71. The Morgan fingerprint density at radius 1 is 1.04 bits per heavy atom. The quantitative estimate of drug-likeness (QED) is 0.412.